The lowest BCUT2D eigenvalue weighted by Crippen LogP contribution is -2.15. The van der Waals surface area contributed by atoms with E-state index in [4.69, 9.17) is 9.97 Å². The largest absolute Gasteiger partial charge is 0.309 e. The minimum absolute atomic E-state index is 0.207. The van der Waals surface area contributed by atoms with Gasteiger partial charge >= 0.3 is 0 Å². The number of nitrogens with zero attached hydrogens (tertiary/aromatic N) is 3. The Balaban J connectivity index is 0.981. The molecular formula is C53H35N3S2. The fraction of sp³-hybridized carbons (Fsp3) is 0.0566. The molecule has 1 aliphatic rings. The summed E-state index contributed by atoms with van der Waals surface area (Å²) in [6, 6.07) is 64.1. The molecule has 0 N–H and O–H groups in total. The van der Waals surface area contributed by atoms with Gasteiger partial charge in [-0.3, -0.25) is 0 Å². The molecule has 3 nitrogen and oxygen atoms in total. The summed E-state index contributed by atoms with van der Waals surface area (Å²) in [4.78, 5) is 10.2. The van der Waals surface area contributed by atoms with Crippen molar-refractivity contribution in [1.29, 1.82) is 0 Å². The van der Waals surface area contributed by atoms with Crippen molar-refractivity contribution in [3.8, 4) is 60.2 Å². The van der Waals surface area contributed by atoms with E-state index in [1.54, 1.807) is 22.7 Å². The lowest BCUT2D eigenvalue weighted by atomic mass is 9.79. The second-order valence-corrected chi connectivity index (χ2v) is 17.9. The van der Waals surface area contributed by atoms with E-state index in [1.807, 2.05) is 0 Å². The first kappa shape index (κ1) is 33.5. The molecule has 8 aromatic carbocycles. The first-order chi connectivity index (χ1) is 28.5. The molecule has 0 aliphatic heterocycles. The predicted molar refractivity (Wildman–Crippen MR) is 246 cm³/mol. The molecule has 58 heavy (non-hydrogen) atoms. The van der Waals surface area contributed by atoms with E-state index in [0.717, 1.165) is 37.7 Å². The molecule has 5 heteroatoms. The van der Waals surface area contributed by atoms with Crippen molar-refractivity contribution < 1.29 is 0 Å². The molecule has 12 rings (SSSR count). The molecule has 0 saturated carbocycles. The molecule has 274 valence electrons. The molecule has 0 radical (unpaired) electrons. The number of fused-ring (bicyclic) bond motifs is 9. The SMILES string of the molecule is CC1(C)c2cc(-c3cccc(-c4cc(-c5nc6ccccc6s5)cc(-c5nc6ccccc6s5)c4)c3)ccc2-c2ccc3c(c21)c1ccccc1n3-c1ccccc1. The highest BCUT2D eigenvalue weighted by Crippen LogP contribution is 2.54. The fourth-order valence-electron chi connectivity index (χ4n) is 9.31. The van der Waals surface area contributed by atoms with Crippen LogP contribution in [0.2, 0.25) is 0 Å². The maximum atomic E-state index is 5.08. The Labute approximate surface area is 344 Å². The van der Waals surface area contributed by atoms with E-state index in [2.05, 4.69) is 194 Å². The maximum absolute atomic E-state index is 5.08. The van der Waals surface area contributed by atoms with Crippen LogP contribution in [0.1, 0.15) is 25.0 Å². The first-order valence-corrected chi connectivity index (χ1v) is 21.4. The van der Waals surface area contributed by atoms with Gasteiger partial charge in [0.05, 0.1) is 31.5 Å². The standard InChI is InChI=1S/C53H35N3S2/c1-53(2)42-31-34(23-24-39(42)40-25-26-46-49(50(40)53)41-17-6-9-20-45(41)56(46)38-15-4-3-5-16-38)32-13-12-14-33(27-32)35-28-36(51-54-43-18-7-10-21-47(43)57-51)30-37(29-35)52-55-44-19-8-11-22-48(44)58-52/h3-31H,1-2H3. The number of thiazole rings is 2. The topological polar surface area (TPSA) is 30.7 Å². The number of benzene rings is 8. The molecule has 0 unspecified atom stereocenters. The second kappa shape index (κ2) is 12.7. The summed E-state index contributed by atoms with van der Waals surface area (Å²) >= 11 is 3.48. The van der Waals surface area contributed by atoms with Gasteiger partial charge in [0, 0.05) is 33.0 Å². The number of para-hydroxylation sites is 4. The Morgan fingerprint density at radius 3 is 1.72 bits per heavy atom. The lowest BCUT2D eigenvalue weighted by molar-refractivity contribution is 0.667. The number of hydrogen-bond donors (Lipinski definition) is 0. The molecule has 0 saturated heterocycles. The smallest absolute Gasteiger partial charge is 0.124 e. The van der Waals surface area contributed by atoms with Crippen LogP contribution in [0.5, 0.6) is 0 Å². The molecule has 0 spiro atoms. The summed E-state index contributed by atoms with van der Waals surface area (Å²) in [5.41, 5.74) is 17.9. The van der Waals surface area contributed by atoms with Crippen molar-refractivity contribution in [1.82, 2.24) is 14.5 Å². The third-order valence-corrected chi connectivity index (χ3v) is 14.2. The minimum Gasteiger partial charge on any atom is -0.309 e. The van der Waals surface area contributed by atoms with Crippen LogP contribution >= 0.6 is 22.7 Å². The summed E-state index contributed by atoms with van der Waals surface area (Å²) < 4.78 is 4.81. The van der Waals surface area contributed by atoms with Crippen LogP contribution in [-0.4, -0.2) is 14.5 Å². The van der Waals surface area contributed by atoms with Crippen molar-refractivity contribution in [2.75, 3.05) is 0 Å². The summed E-state index contributed by atoms with van der Waals surface area (Å²) in [6.07, 6.45) is 0. The molecule has 1 aliphatic carbocycles. The minimum atomic E-state index is -0.207. The highest BCUT2D eigenvalue weighted by atomic mass is 32.1. The van der Waals surface area contributed by atoms with Crippen LogP contribution in [0.15, 0.2) is 176 Å². The fourth-order valence-corrected chi connectivity index (χ4v) is 11.2. The van der Waals surface area contributed by atoms with E-state index in [1.165, 1.54) is 75.8 Å². The summed E-state index contributed by atoms with van der Waals surface area (Å²) in [5.74, 6) is 0. The maximum Gasteiger partial charge on any atom is 0.124 e. The van der Waals surface area contributed by atoms with Gasteiger partial charge < -0.3 is 4.57 Å². The third-order valence-electron chi connectivity index (χ3n) is 12.0. The molecule has 0 fully saturated rings. The highest BCUT2D eigenvalue weighted by Gasteiger charge is 2.38. The van der Waals surface area contributed by atoms with Crippen molar-refractivity contribution in [2.24, 2.45) is 0 Å². The number of hydrogen-bond acceptors (Lipinski definition) is 4. The van der Waals surface area contributed by atoms with Crippen LogP contribution < -0.4 is 0 Å². The van der Waals surface area contributed by atoms with Gasteiger partial charge in [-0.1, -0.05) is 111 Å². The lowest BCUT2D eigenvalue weighted by Gasteiger charge is -2.23. The van der Waals surface area contributed by atoms with E-state index in [-0.39, 0.29) is 5.41 Å². The Morgan fingerprint density at radius 2 is 1.02 bits per heavy atom. The van der Waals surface area contributed by atoms with Gasteiger partial charge in [-0.2, -0.15) is 0 Å². The van der Waals surface area contributed by atoms with Gasteiger partial charge in [0.1, 0.15) is 10.0 Å². The first-order valence-electron chi connectivity index (χ1n) is 19.7. The molecular weight excluding hydrogens is 743 g/mol. The number of rotatable bonds is 5. The van der Waals surface area contributed by atoms with Gasteiger partial charge in [-0.15, -0.1) is 22.7 Å². The van der Waals surface area contributed by atoms with Gasteiger partial charge in [-0.05, 0) is 123 Å². The van der Waals surface area contributed by atoms with Crippen LogP contribution in [-0.2, 0) is 5.41 Å². The molecule has 0 amide bonds. The predicted octanol–water partition coefficient (Wildman–Crippen LogP) is 15.0. The molecule has 0 bridgehead atoms. The third kappa shape index (κ3) is 5.10. The second-order valence-electron chi connectivity index (χ2n) is 15.8. The summed E-state index contributed by atoms with van der Waals surface area (Å²) in [6.45, 7) is 4.81. The Hall–Kier alpha value is -6.66. The Kier molecular flexibility index (Phi) is 7.31. The van der Waals surface area contributed by atoms with Crippen LogP contribution in [0.3, 0.4) is 0 Å². The molecule has 3 heterocycles. The van der Waals surface area contributed by atoms with Gasteiger partial charge in [0.25, 0.3) is 0 Å². The van der Waals surface area contributed by atoms with Gasteiger partial charge in [-0.25, -0.2) is 9.97 Å². The summed E-state index contributed by atoms with van der Waals surface area (Å²) in [5, 5.41) is 4.68. The highest BCUT2D eigenvalue weighted by molar-refractivity contribution is 7.22. The van der Waals surface area contributed by atoms with Gasteiger partial charge in [0.15, 0.2) is 0 Å². The number of aromatic nitrogens is 3. The summed E-state index contributed by atoms with van der Waals surface area (Å²) in [7, 11) is 0. The van der Waals surface area contributed by atoms with Crippen molar-refractivity contribution in [3.63, 3.8) is 0 Å². The van der Waals surface area contributed by atoms with Crippen molar-refractivity contribution >= 4 is 64.9 Å². The van der Waals surface area contributed by atoms with Crippen molar-refractivity contribution in [2.45, 2.75) is 19.3 Å². The van der Waals surface area contributed by atoms with Crippen LogP contribution in [0.25, 0.3) is 102 Å². The Bertz CT molecular complexity index is 3280. The average Bonchev–Trinajstić information content (AvgIpc) is 4.04. The zero-order valence-electron chi connectivity index (χ0n) is 31.9. The average molecular weight is 778 g/mol. The van der Waals surface area contributed by atoms with E-state index < -0.39 is 0 Å². The van der Waals surface area contributed by atoms with E-state index in [9.17, 15) is 0 Å². The van der Waals surface area contributed by atoms with E-state index >= 15 is 0 Å². The van der Waals surface area contributed by atoms with Crippen molar-refractivity contribution in [3.05, 3.63) is 187 Å². The monoisotopic (exact) mass is 777 g/mol. The van der Waals surface area contributed by atoms with Gasteiger partial charge in [0.2, 0.25) is 0 Å². The van der Waals surface area contributed by atoms with Crippen LogP contribution in [0, 0.1) is 0 Å². The normalized spacial score (nSPS) is 13.1. The van der Waals surface area contributed by atoms with E-state index in [0.29, 0.717) is 0 Å². The molecule has 11 aromatic rings. The molecule has 3 aromatic heterocycles. The molecule has 0 atom stereocenters. The Morgan fingerprint density at radius 1 is 0.448 bits per heavy atom. The zero-order valence-corrected chi connectivity index (χ0v) is 33.5. The quantitative estimate of drug-likeness (QED) is 0.174. The zero-order chi connectivity index (χ0) is 38.5. The van der Waals surface area contributed by atoms with Crippen LogP contribution in [0.4, 0.5) is 0 Å².